The van der Waals surface area contributed by atoms with Crippen molar-refractivity contribution in [2.45, 2.75) is 105 Å². The van der Waals surface area contributed by atoms with Crippen molar-refractivity contribution in [3.63, 3.8) is 0 Å². The molecule has 2 aromatic carbocycles. The summed E-state index contributed by atoms with van der Waals surface area (Å²) in [5.74, 6) is 5.34. The van der Waals surface area contributed by atoms with E-state index >= 15 is 0 Å². The van der Waals surface area contributed by atoms with Crippen LogP contribution < -0.4 is 55.3 Å². The van der Waals surface area contributed by atoms with E-state index in [1.807, 2.05) is 62.5 Å². The summed E-state index contributed by atoms with van der Waals surface area (Å²) >= 11 is 5.91. The summed E-state index contributed by atoms with van der Waals surface area (Å²) in [4.78, 5) is 65.5. The Bertz CT molecular complexity index is 2920. The van der Waals surface area contributed by atoms with Crippen LogP contribution in [0.15, 0.2) is 53.3 Å². The molecule has 0 radical (unpaired) electrons. The number of anilines is 6. The lowest BCUT2D eigenvalue weighted by Gasteiger charge is -2.21. The van der Waals surface area contributed by atoms with Crippen LogP contribution in [0.3, 0.4) is 0 Å². The predicted molar refractivity (Wildman–Crippen MR) is 299 cm³/mol. The van der Waals surface area contributed by atoms with Gasteiger partial charge in [-0.3, -0.25) is 19.4 Å². The van der Waals surface area contributed by atoms with Gasteiger partial charge in [-0.25, -0.2) is 29.9 Å². The molecular formula is C56H73Cl2N13O7-2. The maximum atomic E-state index is 11.3. The standard InChI is InChI=1S/C17H20N3O.C16H20N4O.C8H10ClN3.C8H11N3O.C7H12O4.ClH/c1-10-8-14-15(9-10)19-17(18)20-16(14)11(2)12-4-6-13(21-3)7-5-12;1-10-8-13-14(9-10)18-16(17)19-15(13)20(2)11-4-6-12(21-3)7-5-11;1-4-2-5-6(3-4)11-8(10)12-7(5)9;1-4-2-5-6(3-4)10-8(9)11-7(5)12;1-6(4-7(9)10)2-3-11-5-8;/h4-7,10-11H,2,8-9H2,1,3H3,(H2,18,19,20);4-7,10H,8-9H2,1-3H3,(H2,17,18,19);4H,2-3H2,1H3,(H2,10,11,12);4H,2-3H2,1H3,(H3,9,10,11,12);5-6H,2-4H2,1H3,(H,9,10);1H/q-1;;;;;/p-1. The minimum Gasteiger partial charge on any atom is -1.00 e. The topological polar surface area (TPSA) is 312 Å². The zero-order valence-electron chi connectivity index (χ0n) is 45.7. The lowest BCUT2D eigenvalue weighted by Crippen LogP contribution is -3.00. The SMILES string of the molecule is CC(CCOC=O)CC(=O)O.CC1Cc2nc(N)[nH]c(=O)c2C1.CC1Cc2nc(N)nc(Cl)c2C1.COc1ccc(N(C)c2nc(N)nc3c2CC(C)C3)cc1.[CH2-]C(c1ccc(OC)cc1)c1nc(N)nc2c1CC(C)C2.[Cl-]. The van der Waals surface area contributed by atoms with Crippen LogP contribution in [0.5, 0.6) is 11.5 Å². The molecule has 20 nitrogen and oxygen atoms in total. The van der Waals surface area contributed by atoms with Gasteiger partial charge in [0.15, 0.2) is 0 Å². The minimum absolute atomic E-state index is 0. The number of aliphatic carboxylic acids is 1. The summed E-state index contributed by atoms with van der Waals surface area (Å²) in [5.41, 5.74) is 34.1. The van der Waals surface area contributed by atoms with Crippen molar-refractivity contribution in [3.05, 3.63) is 127 Å². The number of aromatic amines is 1. The first-order chi connectivity index (χ1) is 36.7. The number of fused-ring (bicyclic) bond motifs is 4. The zero-order chi connectivity index (χ0) is 56.1. The number of hydrogen-bond acceptors (Lipinski definition) is 18. The molecule has 6 unspecified atom stereocenters. The molecule has 0 amide bonds. The van der Waals surface area contributed by atoms with E-state index in [0.29, 0.717) is 60.2 Å². The number of H-pyrrole nitrogens is 1. The molecule has 4 aliphatic rings. The number of aromatic nitrogens is 8. The van der Waals surface area contributed by atoms with Crippen LogP contribution in [0.25, 0.3) is 0 Å². The van der Waals surface area contributed by atoms with Crippen molar-refractivity contribution in [1.82, 2.24) is 39.9 Å². The second-order valence-electron chi connectivity index (χ2n) is 20.5. The van der Waals surface area contributed by atoms with Gasteiger partial charge in [-0.05, 0) is 129 Å². The molecular weight excluding hydrogens is 1040 g/mol. The molecule has 0 saturated carbocycles. The number of benzene rings is 2. The average molecular weight is 1110 g/mol. The number of hydrogen-bond donors (Lipinski definition) is 6. The summed E-state index contributed by atoms with van der Waals surface area (Å²) in [5, 5.41) is 8.86. The van der Waals surface area contributed by atoms with Crippen molar-refractivity contribution < 1.29 is 41.3 Å². The van der Waals surface area contributed by atoms with Crippen molar-refractivity contribution in [2.75, 3.05) is 55.7 Å². The molecule has 78 heavy (non-hydrogen) atoms. The van der Waals surface area contributed by atoms with Crippen molar-refractivity contribution in [1.29, 1.82) is 0 Å². The number of carbonyl (C=O) groups excluding carboxylic acids is 1. The molecule has 6 aromatic rings. The Morgan fingerprint density at radius 3 is 1.72 bits per heavy atom. The number of nitrogens with one attached hydrogen (secondary N) is 1. The van der Waals surface area contributed by atoms with Gasteiger partial charge in [-0.2, -0.15) is 4.98 Å². The number of carbonyl (C=O) groups is 2. The Labute approximate surface area is 467 Å². The largest absolute Gasteiger partial charge is 1.00 e. The van der Waals surface area contributed by atoms with Gasteiger partial charge in [0, 0.05) is 47.2 Å². The van der Waals surface area contributed by atoms with Crippen LogP contribution >= 0.6 is 11.6 Å². The third-order valence-corrected chi connectivity index (χ3v) is 14.0. The summed E-state index contributed by atoms with van der Waals surface area (Å²) in [6.07, 6.45) is 8.36. The molecule has 0 fully saturated rings. The number of halogens is 2. The normalized spacial score (nSPS) is 17.6. The first-order valence-corrected chi connectivity index (χ1v) is 26.1. The van der Waals surface area contributed by atoms with E-state index in [9.17, 15) is 14.4 Å². The molecule has 10 N–H and O–H groups in total. The van der Waals surface area contributed by atoms with Crippen LogP contribution in [-0.2, 0) is 65.7 Å². The number of ether oxygens (including phenoxy) is 3. The molecule has 4 aliphatic carbocycles. The molecule has 4 aromatic heterocycles. The van der Waals surface area contributed by atoms with Crippen molar-refractivity contribution in [3.8, 4) is 11.5 Å². The van der Waals surface area contributed by atoms with Crippen LogP contribution in [0.2, 0.25) is 5.15 Å². The molecule has 10 rings (SSSR count). The van der Waals surface area contributed by atoms with E-state index in [0.717, 1.165) is 120 Å². The van der Waals surface area contributed by atoms with E-state index in [1.165, 1.54) is 11.1 Å². The maximum Gasteiger partial charge on any atom is 0.303 e. The molecule has 0 aliphatic heterocycles. The van der Waals surface area contributed by atoms with Gasteiger partial charge in [-0.1, -0.05) is 69.8 Å². The number of carboxylic acids is 1. The number of carboxylic acid groups (broad SMARTS) is 1. The Balaban J connectivity index is 0.000000185. The van der Waals surface area contributed by atoms with E-state index in [-0.39, 0.29) is 48.1 Å². The fourth-order valence-corrected chi connectivity index (χ4v) is 10.2. The van der Waals surface area contributed by atoms with Crippen LogP contribution in [0.1, 0.15) is 110 Å². The molecule has 0 saturated heterocycles. The van der Waals surface area contributed by atoms with Gasteiger partial charge < -0.3 is 66.5 Å². The van der Waals surface area contributed by atoms with Gasteiger partial charge in [0.05, 0.1) is 37.9 Å². The Hall–Kier alpha value is -7.32. The Morgan fingerprint density at radius 2 is 1.18 bits per heavy atom. The molecule has 4 heterocycles. The Kier molecular flexibility index (Phi) is 22.4. The van der Waals surface area contributed by atoms with E-state index in [4.69, 9.17) is 49.1 Å². The number of rotatable bonds is 12. The summed E-state index contributed by atoms with van der Waals surface area (Å²) in [7, 11) is 5.33. The summed E-state index contributed by atoms with van der Waals surface area (Å²) in [6.45, 7) is 15.5. The third-order valence-electron chi connectivity index (χ3n) is 13.7. The number of nitrogens with zero attached hydrogens (tertiary/aromatic N) is 8. The van der Waals surface area contributed by atoms with Crippen LogP contribution in [0, 0.1) is 36.5 Å². The highest BCUT2D eigenvalue weighted by atomic mass is 35.5. The molecule has 22 heteroatoms. The summed E-state index contributed by atoms with van der Waals surface area (Å²) < 4.78 is 14.8. The first kappa shape index (κ1) is 61.5. The van der Waals surface area contributed by atoms with Crippen molar-refractivity contribution in [2.24, 2.45) is 29.6 Å². The smallest absolute Gasteiger partial charge is 0.303 e. The zero-order valence-corrected chi connectivity index (χ0v) is 47.2. The fraction of sp³-hybridized carbons (Fsp3) is 0.446. The highest BCUT2D eigenvalue weighted by molar-refractivity contribution is 6.30. The quantitative estimate of drug-likeness (QED) is 0.0424. The monoisotopic (exact) mass is 1110 g/mol. The molecule has 0 bridgehead atoms. The van der Waals surface area contributed by atoms with E-state index in [1.54, 1.807) is 14.2 Å². The summed E-state index contributed by atoms with van der Waals surface area (Å²) in [6, 6.07) is 15.9. The second-order valence-corrected chi connectivity index (χ2v) is 20.9. The fourth-order valence-electron chi connectivity index (χ4n) is 9.91. The molecule has 0 spiro atoms. The second kappa shape index (κ2) is 28.3. The third kappa shape index (κ3) is 16.6. The predicted octanol–water partition coefficient (Wildman–Crippen LogP) is 4.54. The Morgan fingerprint density at radius 1 is 0.718 bits per heavy atom. The number of nitrogen functional groups attached to an aromatic ring is 4. The van der Waals surface area contributed by atoms with Crippen LogP contribution in [0.4, 0.5) is 35.3 Å². The molecule has 6 atom stereocenters. The highest BCUT2D eigenvalue weighted by Crippen LogP contribution is 2.37. The van der Waals surface area contributed by atoms with Gasteiger partial charge in [0.25, 0.3) is 12.0 Å². The average Bonchev–Trinajstić information content (AvgIpc) is 4.17. The van der Waals surface area contributed by atoms with Gasteiger partial charge in [0.1, 0.15) is 22.5 Å². The van der Waals surface area contributed by atoms with Crippen LogP contribution in [-0.4, -0.2) is 85.3 Å². The highest BCUT2D eigenvalue weighted by Gasteiger charge is 2.28. The van der Waals surface area contributed by atoms with E-state index < -0.39 is 5.97 Å². The lowest BCUT2D eigenvalue weighted by molar-refractivity contribution is -0.138. The molecule has 420 valence electrons. The first-order valence-electron chi connectivity index (χ1n) is 25.8. The van der Waals surface area contributed by atoms with Gasteiger partial charge >= 0.3 is 5.97 Å². The van der Waals surface area contributed by atoms with Gasteiger partial charge in [0.2, 0.25) is 23.8 Å². The maximum absolute atomic E-state index is 11.3. The minimum atomic E-state index is -0.816. The number of methoxy groups -OCH3 is 2. The van der Waals surface area contributed by atoms with Gasteiger partial charge in [-0.15, -0.1) is 0 Å². The van der Waals surface area contributed by atoms with E-state index in [2.05, 4.69) is 84.1 Å². The lowest BCUT2D eigenvalue weighted by atomic mass is 9.93. The number of nitrogens with two attached hydrogens (primary N) is 4. The van der Waals surface area contributed by atoms with Crippen molar-refractivity contribution >= 4 is 59.3 Å².